The van der Waals surface area contributed by atoms with Gasteiger partial charge < -0.3 is 4.74 Å². The van der Waals surface area contributed by atoms with Gasteiger partial charge in [0.05, 0.1) is 12.8 Å². The van der Waals surface area contributed by atoms with Gasteiger partial charge in [0.2, 0.25) is 0 Å². The van der Waals surface area contributed by atoms with E-state index in [1.807, 2.05) is 12.1 Å². The molecular formula is C16H24ClNO. The van der Waals surface area contributed by atoms with Gasteiger partial charge in [-0.1, -0.05) is 56.3 Å². The lowest BCUT2D eigenvalue weighted by Crippen LogP contribution is -2.21. The smallest absolute Gasteiger partial charge is 0.0998 e. The minimum Gasteiger partial charge on any atom is -0.362 e. The molecular weight excluding hydrogens is 258 g/mol. The lowest BCUT2D eigenvalue weighted by atomic mass is 10.1. The molecule has 19 heavy (non-hydrogen) atoms. The van der Waals surface area contributed by atoms with Crippen LogP contribution < -0.4 is 0 Å². The molecule has 1 heterocycles. The van der Waals surface area contributed by atoms with Crippen LogP contribution in [0.15, 0.2) is 24.3 Å². The van der Waals surface area contributed by atoms with E-state index < -0.39 is 0 Å². The van der Waals surface area contributed by atoms with Crippen LogP contribution in [0.4, 0.5) is 0 Å². The van der Waals surface area contributed by atoms with Crippen LogP contribution in [0.3, 0.4) is 0 Å². The van der Waals surface area contributed by atoms with E-state index in [-0.39, 0.29) is 0 Å². The molecule has 1 fully saturated rings. The Morgan fingerprint density at radius 3 is 2.74 bits per heavy atom. The fourth-order valence-corrected chi connectivity index (χ4v) is 2.66. The van der Waals surface area contributed by atoms with Crippen LogP contribution in [0.1, 0.15) is 44.6 Å². The Hall–Kier alpha value is -0.570. The Morgan fingerprint density at radius 2 is 2.00 bits per heavy atom. The van der Waals surface area contributed by atoms with Crippen molar-refractivity contribution in [3.05, 3.63) is 34.9 Å². The van der Waals surface area contributed by atoms with E-state index in [0.717, 1.165) is 24.8 Å². The number of nitrogens with zero attached hydrogens (tertiary/aromatic N) is 1. The van der Waals surface area contributed by atoms with Crippen molar-refractivity contribution in [2.45, 2.75) is 51.7 Å². The van der Waals surface area contributed by atoms with Crippen molar-refractivity contribution >= 4 is 11.6 Å². The van der Waals surface area contributed by atoms with E-state index in [0.29, 0.717) is 6.10 Å². The normalized spacial score (nSPS) is 20.0. The van der Waals surface area contributed by atoms with Crippen molar-refractivity contribution < 1.29 is 4.74 Å². The number of hydrogen-bond donors (Lipinski definition) is 0. The first-order chi connectivity index (χ1) is 9.28. The van der Waals surface area contributed by atoms with Crippen LogP contribution in [0, 0.1) is 0 Å². The molecule has 1 aliphatic heterocycles. The zero-order valence-corrected chi connectivity index (χ0v) is 12.5. The largest absolute Gasteiger partial charge is 0.362 e. The molecule has 3 heteroatoms. The maximum Gasteiger partial charge on any atom is 0.0998 e. The molecule has 0 N–H and O–H groups in total. The van der Waals surface area contributed by atoms with E-state index in [2.05, 4.69) is 24.0 Å². The molecule has 1 atom stereocenters. The van der Waals surface area contributed by atoms with Crippen LogP contribution in [0.25, 0.3) is 0 Å². The monoisotopic (exact) mass is 281 g/mol. The average molecular weight is 282 g/mol. The fourth-order valence-electron chi connectivity index (χ4n) is 2.54. The summed E-state index contributed by atoms with van der Waals surface area (Å²) in [7, 11) is 0. The first kappa shape index (κ1) is 14.8. The molecule has 1 aliphatic rings. The second-order valence-corrected chi connectivity index (χ2v) is 5.84. The van der Waals surface area contributed by atoms with E-state index in [4.69, 9.17) is 16.3 Å². The van der Waals surface area contributed by atoms with Gasteiger partial charge in [-0.05, 0) is 24.1 Å². The third kappa shape index (κ3) is 5.13. The van der Waals surface area contributed by atoms with Crippen LogP contribution in [-0.2, 0) is 11.3 Å². The van der Waals surface area contributed by atoms with Gasteiger partial charge in [0.1, 0.15) is 0 Å². The molecule has 1 saturated heterocycles. The highest BCUT2D eigenvalue weighted by atomic mass is 35.5. The van der Waals surface area contributed by atoms with Crippen LogP contribution in [0.5, 0.6) is 0 Å². The summed E-state index contributed by atoms with van der Waals surface area (Å²) in [6, 6.07) is 8.10. The molecule has 2 rings (SSSR count). The summed E-state index contributed by atoms with van der Waals surface area (Å²) < 4.78 is 5.84. The summed E-state index contributed by atoms with van der Waals surface area (Å²) in [4.78, 5) is 2.37. The predicted octanol–water partition coefficient (Wildman–Crippen LogP) is 4.47. The summed E-state index contributed by atoms with van der Waals surface area (Å²) in [5.41, 5.74) is 1.31. The van der Waals surface area contributed by atoms with Crippen molar-refractivity contribution in [3.8, 4) is 0 Å². The molecule has 0 spiro atoms. The van der Waals surface area contributed by atoms with Gasteiger partial charge in [0, 0.05) is 18.1 Å². The van der Waals surface area contributed by atoms with Gasteiger partial charge in [-0.3, -0.25) is 4.90 Å². The number of ether oxygens (including phenoxy) is 1. The SMILES string of the molecule is CCCCCCC1CN(Cc2ccc(Cl)cc2)CO1. The van der Waals surface area contributed by atoms with E-state index in [1.165, 1.54) is 37.7 Å². The minimum atomic E-state index is 0.434. The van der Waals surface area contributed by atoms with Crippen molar-refractivity contribution in [3.63, 3.8) is 0 Å². The number of unbranched alkanes of at least 4 members (excludes halogenated alkanes) is 3. The van der Waals surface area contributed by atoms with Gasteiger partial charge in [0.15, 0.2) is 0 Å². The highest BCUT2D eigenvalue weighted by Crippen LogP contribution is 2.18. The highest BCUT2D eigenvalue weighted by molar-refractivity contribution is 6.30. The first-order valence-electron chi connectivity index (χ1n) is 7.36. The van der Waals surface area contributed by atoms with Crippen molar-refractivity contribution in [2.75, 3.05) is 13.3 Å². The van der Waals surface area contributed by atoms with Crippen molar-refractivity contribution in [1.29, 1.82) is 0 Å². The average Bonchev–Trinajstić information content (AvgIpc) is 2.85. The van der Waals surface area contributed by atoms with E-state index in [9.17, 15) is 0 Å². The van der Waals surface area contributed by atoms with Crippen LogP contribution in [0.2, 0.25) is 5.02 Å². The Bertz CT molecular complexity index is 366. The van der Waals surface area contributed by atoms with Gasteiger partial charge in [-0.2, -0.15) is 0 Å². The van der Waals surface area contributed by atoms with Crippen molar-refractivity contribution in [2.24, 2.45) is 0 Å². The number of rotatable bonds is 7. The van der Waals surface area contributed by atoms with Gasteiger partial charge >= 0.3 is 0 Å². The lowest BCUT2D eigenvalue weighted by Gasteiger charge is -2.13. The topological polar surface area (TPSA) is 12.5 Å². The third-order valence-electron chi connectivity index (χ3n) is 3.65. The second kappa shape index (κ2) is 7.88. The molecule has 0 aliphatic carbocycles. The van der Waals surface area contributed by atoms with Gasteiger partial charge in [0.25, 0.3) is 0 Å². The number of hydrogen-bond acceptors (Lipinski definition) is 2. The molecule has 2 nitrogen and oxygen atoms in total. The molecule has 1 aromatic rings. The zero-order chi connectivity index (χ0) is 13.5. The maximum absolute atomic E-state index is 5.90. The molecule has 0 aromatic heterocycles. The molecule has 1 unspecified atom stereocenters. The fraction of sp³-hybridized carbons (Fsp3) is 0.625. The summed E-state index contributed by atoms with van der Waals surface area (Å²) in [6.07, 6.45) is 6.93. The van der Waals surface area contributed by atoms with E-state index in [1.54, 1.807) is 0 Å². The lowest BCUT2D eigenvalue weighted by molar-refractivity contribution is 0.0819. The second-order valence-electron chi connectivity index (χ2n) is 5.41. The molecule has 1 aromatic carbocycles. The van der Waals surface area contributed by atoms with Gasteiger partial charge in [-0.25, -0.2) is 0 Å². The van der Waals surface area contributed by atoms with Crippen LogP contribution in [-0.4, -0.2) is 24.3 Å². The Balaban J connectivity index is 1.68. The van der Waals surface area contributed by atoms with Crippen LogP contribution >= 0.6 is 11.6 Å². The standard InChI is InChI=1S/C16H24ClNO/c1-2-3-4-5-6-16-12-18(13-19-16)11-14-7-9-15(17)10-8-14/h7-10,16H,2-6,11-13H2,1H3. The Labute approximate surface area is 121 Å². The highest BCUT2D eigenvalue weighted by Gasteiger charge is 2.22. The van der Waals surface area contributed by atoms with Crippen molar-refractivity contribution in [1.82, 2.24) is 4.90 Å². The zero-order valence-electron chi connectivity index (χ0n) is 11.8. The molecule has 0 amide bonds. The Morgan fingerprint density at radius 1 is 1.21 bits per heavy atom. The summed E-state index contributed by atoms with van der Waals surface area (Å²) in [5.74, 6) is 0. The van der Waals surface area contributed by atoms with E-state index >= 15 is 0 Å². The number of benzene rings is 1. The molecule has 0 saturated carbocycles. The molecule has 106 valence electrons. The molecule has 0 radical (unpaired) electrons. The quantitative estimate of drug-likeness (QED) is 0.684. The maximum atomic E-state index is 5.90. The third-order valence-corrected chi connectivity index (χ3v) is 3.91. The summed E-state index contributed by atoms with van der Waals surface area (Å²) in [6.45, 7) is 5.04. The minimum absolute atomic E-state index is 0.434. The first-order valence-corrected chi connectivity index (χ1v) is 7.74. The summed E-state index contributed by atoms with van der Waals surface area (Å²) in [5, 5.41) is 0.801. The summed E-state index contributed by atoms with van der Waals surface area (Å²) >= 11 is 5.90. The predicted molar refractivity (Wildman–Crippen MR) is 80.4 cm³/mol. The molecule has 0 bridgehead atoms. The number of halogens is 1. The Kier molecular flexibility index (Phi) is 6.15. The van der Waals surface area contributed by atoms with Gasteiger partial charge in [-0.15, -0.1) is 0 Å².